The van der Waals surface area contributed by atoms with E-state index in [0.29, 0.717) is 17.2 Å². The molecule has 2 heterocycles. The number of benzene rings is 1. The second-order valence-corrected chi connectivity index (χ2v) is 5.16. The molecule has 4 rings (SSSR count). The van der Waals surface area contributed by atoms with Gasteiger partial charge in [-0.3, -0.25) is 4.79 Å². The summed E-state index contributed by atoms with van der Waals surface area (Å²) in [6.45, 7) is 0.0717. The number of nitrogens with two attached hydrogens (primary N) is 1. The van der Waals surface area contributed by atoms with Crippen LogP contribution in [0.1, 0.15) is 0 Å². The first-order valence-corrected chi connectivity index (χ1v) is 7.09. The Morgan fingerprint density at radius 2 is 2.12 bits per heavy atom. The Morgan fingerprint density at radius 1 is 1.25 bits per heavy atom. The third-order valence-corrected chi connectivity index (χ3v) is 3.63. The average molecular weight is 325 g/mol. The van der Waals surface area contributed by atoms with E-state index < -0.39 is 17.8 Å². The van der Waals surface area contributed by atoms with E-state index in [-0.39, 0.29) is 24.1 Å². The molecule has 120 valence electrons. The second-order valence-electron chi connectivity index (χ2n) is 5.16. The normalized spacial score (nSPS) is 20.8. The predicted octanol–water partition coefficient (Wildman–Crippen LogP) is 0.729. The zero-order valence-corrected chi connectivity index (χ0v) is 12.3. The Morgan fingerprint density at radius 3 is 3.00 bits per heavy atom. The maximum absolute atomic E-state index is 12.4. The highest BCUT2D eigenvalue weighted by Gasteiger charge is 2.30. The lowest BCUT2D eigenvalue weighted by Crippen LogP contribution is -2.31. The minimum absolute atomic E-state index is 0.0717. The van der Waals surface area contributed by atoms with E-state index in [9.17, 15) is 9.59 Å². The maximum atomic E-state index is 12.4. The number of allylic oxidation sites excluding steroid dienone is 1. The van der Waals surface area contributed by atoms with Crippen LogP contribution >= 0.6 is 0 Å². The smallest absolute Gasteiger partial charge is 0.343 e. The van der Waals surface area contributed by atoms with Crippen LogP contribution in [0, 0.1) is 5.92 Å². The standard InChI is InChI=1S/C16H11N3O5/c17-16-18-10-5-4-8(6-9(10)14(20)19-16)15(21)24-12-3-1-2-11-13(12)23-7-22-11/h1-6,9H,7H2,(H2,17,19,20). The molecule has 24 heavy (non-hydrogen) atoms. The summed E-state index contributed by atoms with van der Waals surface area (Å²) in [4.78, 5) is 31.8. The van der Waals surface area contributed by atoms with Crippen molar-refractivity contribution < 1.29 is 23.8 Å². The number of guanidine groups is 1. The van der Waals surface area contributed by atoms with E-state index >= 15 is 0 Å². The molecule has 1 aromatic carbocycles. The summed E-state index contributed by atoms with van der Waals surface area (Å²) in [7, 11) is 0. The molecule has 1 atom stereocenters. The zero-order valence-electron chi connectivity index (χ0n) is 12.3. The molecule has 3 aliphatic rings. The quantitative estimate of drug-likeness (QED) is 0.633. The van der Waals surface area contributed by atoms with Gasteiger partial charge in [0.25, 0.3) is 5.91 Å². The van der Waals surface area contributed by atoms with Crippen molar-refractivity contribution in [1.29, 1.82) is 0 Å². The number of para-hydroxylation sites is 1. The van der Waals surface area contributed by atoms with Crippen LogP contribution in [0.2, 0.25) is 0 Å². The molecule has 1 aliphatic carbocycles. The predicted molar refractivity (Wildman–Crippen MR) is 83.0 cm³/mol. The first-order valence-electron chi connectivity index (χ1n) is 7.09. The second kappa shape index (κ2) is 5.34. The lowest BCUT2D eigenvalue weighted by atomic mass is 9.93. The summed E-state index contributed by atoms with van der Waals surface area (Å²) in [6, 6.07) is 5.00. The fourth-order valence-corrected chi connectivity index (χ4v) is 2.52. The Bertz CT molecular complexity index is 882. The van der Waals surface area contributed by atoms with Crippen molar-refractivity contribution in [2.45, 2.75) is 0 Å². The minimum atomic E-state index is -0.731. The third kappa shape index (κ3) is 2.34. The summed E-state index contributed by atoms with van der Waals surface area (Å²) in [6.07, 6.45) is 4.53. The van der Waals surface area contributed by atoms with E-state index in [1.54, 1.807) is 24.3 Å². The average Bonchev–Trinajstić information content (AvgIpc) is 3.04. The van der Waals surface area contributed by atoms with Gasteiger partial charge in [-0.2, -0.15) is 4.99 Å². The molecular weight excluding hydrogens is 314 g/mol. The number of esters is 1. The molecule has 1 aromatic rings. The summed E-state index contributed by atoms with van der Waals surface area (Å²) in [5, 5.41) is 0. The maximum Gasteiger partial charge on any atom is 0.343 e. The number of amides is 1. The van der Waals surface area contributed by atoms with Gasteiger partial charge >= 0.3 is 5.97 Å². The largest absolute Gasteiger partial charge is 0.453 e. The van der Waals surface area contributed by atoms with Crippen molar-refractivity contribution >= 4 is 23.5 Å². The van der Waals surface area contributed by atoms with Gasteiger partial charge in [0.1, 0.15) is 5.92 Å². The molecule has 8 heteroatoms. The van der Waals surface area contributed by atoms with E-state index in [4.69, 9.17) is 19.9 Å². The third-order valence-electron chi connectivity index (χ3n) is 3.63. The van der Waals surface area contributed by atoms with Crippen molar-refractivity contribution in [3.05, 3.63) is 42.0 Å². The van der Waals surface area contributed by atoms with Gasteiger partial charge in [0.2, 0.25) is 18.5 Å². The topological polar surface area (TPSA) is 113 Å². The molecule has 8 nitrogen and oxygen atoms in total. The SMILES string of the molecule is NC1=NC(=O)C2C=C(C(=O)Oc3cccc4c3OCO4)C=CC2=N1. The molecule has 0 spiro atoms. The highest BCUT2D eigenvalue weighted by Crippen LogP contribution is 2.40. The van der Waals surface area contributed by atoms with Gasteiger partial charge in [-0.05, 0) is 24.3 Å². The van der Waals surface area contributed by atoms with Crippen molar-refractivity contribution in [2.24, 2.45) is 21.6 Å². The Kier molecular flexibility index (Phi) is 3.16. The lowest BCUT2D eigenvalue weighted by molar-refractivity contribution is -0.129. The van der Waals surface area contributed by atoms with Gasteiger partial charge in [0.15, 0.2) is 11.5 Å². The molecule has 0 aromatic heterocycles. The fourth-order valence-electron chi connectivity index (χ4n) is 2.52. The fraction of sp³-hybridized carbons (Fsp3) is 0.125. The van der Waals surface area contributed by atoms with E-state index in [0.717, 1.165) is 0 Å². The van der Waals surface area contributed by atoms with E-state index in [1.807, 2.05) is 0 Å². The van der Waals surface area contributed by atoms with Crippen molar-refractivity contribution in [3.8, 4) is 17.2 Å². The number of rotatable bonds is 2. The number of hydrogen-bond acceptors (Lipinski definition) is 7. The van der Waals surface area contributed by atoms with Crippen molar-refractivity contribution in [3.63, 3.8) is 0 Å². The summed E-state index contributed by atoms with van der Waals surface area (Å²) >= 11 is 0. The highest BCUT2D eigenvalue weighted by atomic mass is 16.7. The minimum Gasteiger partial charge on any atom is -0.453 e. The van der Waals surface area contributed by atoms with Crippen LogP contribution in [0.4, 0.5) is 0 Å². The van der Waals surface area contributed by atoms with Gasteiger partial charge in [-0.15, -0.1) is 0 Å². The summed E-state index contributed by atoms with van der Waals surface area (Å²) in [5.41, 5.74) is 6.12. The van der Waals surface area contributed by atoms with Crippen molar-refractivity contribution in [1.82, 2.24) is 0 Å². The number of nitrogens with zero attached hydrogens (tertiary/aromatic N) is 2. The number of hydrogen-bond donors (Lipinski definition) is 1. The molecule has 1 amide bonds. The van der Waals surface area contributed by atoms with Crippen LogP contribution in [0.15, 0.2) is 52.0 Å². The number of ether oxygens (including phenoxy) is 3. The number of carbonyl (C=O) groups is 2. The Labute approximate surface area is 135 Å². The Balaban J connectivity index is 1.58. The van der Waals surface area contributed by atoms with Crippen LogP contribution in [-0.2, 0) is 9.59 Å². The lowest BCUT2D eigenvalue weighted by Gasteiger charge is -2.18. The molecule has 2 aliphatic heterocycles. The number of aliphatic imine (C=N–C) groups is 2. The van der Waals surface area contributed by atoms with Crippen LogP contribution in [0.3, 0.4) is 0 Å². The van der Waals surface area contributed by atoms with Gasteiger partial charge in [-0.1, -0.05) is 12.1 Å². The first kappa shape index (κ1) is 14.2. The highest BCUT2D eigenvalue weighted by molar-refractivity contribution is 6.22. The first-order chi connectivity index (χ1) is 11.6. The summed E-state index contributed by atoms with van der Waals surface area (Å²) in [5.74, 6) is -0.775. The van der Waals surface area contributed by atoms with E-state index in [1.165, 1.54) is 12.2 Å². The Hall–Kier alpha value is -3.42. The van der Waals surface area contributed by atoms with Crippen LogP contribution in [0.25, 0.3) is 0 Å². The zero-order chi connectivity index (χ0) is 16.7. The van der Waals surface area contributed by atoms with Crippen LogP contribution in [-0.4, -0.2) is 30.3 Å². The molecule has 0 bridgehead atoms. The molecule has 1 unspecified atom stereocenters. The van der Waals surface area contributed by atoms with Crippen LogP contribution in [0.5, 0.6) is 17.2 Å². The van der Waals surface area contributed by atoms with Gasteiger partial charge in [0, 0.05) is 0 Å². The molecule has 2 N–H and O–H groups in total. The molecule has 0 radical (unpaired) electrons. The molecule has 0 saturated carbocycles. The number of carbonyl (C=O) groups excluding carboxylic acids is 2. The van der Waals surface area contributed by atoms with Gasteiger partial charge in [0.05, 0.1) is 11.3 Å². The van der Waals surface area contributed by atoms with E-state index in [2.05, 4.69) is 9.98 Å². The van der Waals surface area contributed by atoms with Gasteiger partial charge in [-0.25, -0.2) is 9.79 Å². The van der Waals surface area contributed by atoms with Crippen molar-refractivity contribution in [2.75, 3.05) is 6.79 Å². The summed E-state index contributed by atoms with van der Waals surface area (Å²) < 4.78 is 15.9. The molecular formula is C16H11N3O5. The number of fused-ring (bicyclic) bond motifs is 2. The monoisotopic (exact) mass is 325 g/mol. The van der Waals surface area contributed by atoms with Gasteiger partial charge < -0.3 is 19.9 Å². The molecule has 0 fully saturated rings. The molecule has 0 saturated heterocycles. The van der Waals surface area contributed by atoms with Crippen LogP contribution < -0.4 is 19.9 Å².